The van der Waals surface area contributed by atoms with Gasteiger partial charge in [0.25, 0.3) is 0 Å². The number of sulfone groups is 1. The summed E-state index contributed by atoms with van der Waals surface area (Å²) < 4.78 is 23.2. The SMILES string of the molecule is CC1(C)CCCC(CN2CCCS(=O)(=O)CC2)C1O. The third-order valence-electron chi connectivity index (χ3n) is 4.78. The lowest BCUT2D eigenvalue weighted by Crippen LogP contribution is -2.45. The van der Waals surface area contributed by atoms with Gasteiger partial charge in [-0.25, -0.2) is 8.42 Å². The van der Waals surface area contributed by atoms with Crippen molar-refractivity contribution in [2.45, 2.75) is 45.6 Å². The van der Waals surface area contributed by atoms with E-state index in [0.29, 0.717) is 18.2 Å². The molecule has 1 aliphatic heterocycles. The van der Waals surface area contributed by atoms with Gasteiger partial charge in [0.15, 0.2) is 9.84 Å². The van der Waals surface area contributed by atoms with Crippen LogP contribution >= 0.6 is 0 Å². The van der Waals surface area contributed by atoms with Gasteiger partial charge in [-0.15, -0.1) is 0 Å². The summed E-state index contributed by atoms with van der Waals surface area (Å²) in [6.45, 7) is 6.60. The molecule has 0 amide bonds. The molecule has 2 fully saturated rings. The van der Waals surface area contributed by atoms with E-state index in [-0.39, 0.29) is 17.3 Å². The van der Waals surface area contributed by atoms with Crippen LogP contribution in [-0.2, 0) is 9.84 Å². The minimum Gasteiger partial charge on any atom is -0.392 e. The zero-order valence-corrected chi connectivity index (χ0v) is 13.0. The number of rotatable bonds is 2. The standard InChI is InChI=1S/C14H27NO3S/c1-14(2)6-3-5-12(13(14)16)11-15-7-4-9-19(17,18)10-8-15/h12-13,16H,3-11H2,1-2H3. The molecule has 1 saturated heterocycles. The van der Waals surface area contributed by atoms with E-state index in [0.717, 1.165) is 32.4 Å². The molecule has 0 spiro atoms. The van der Waals surface area contributed by atoms with E-state index in [1.807, 2.05) is 0 Å². The maximum atomic E-state index is 11.6. The largest absolute Gasteiger partial charge is 0.392 e. The Balaban J connectivity index is 1.93. The first kappa shape index (κ1) is 15.3. The van der Waals surface area contributed by atoms with Gasteiger partial charge in [-0.3, -0.25) is 0 Å². The Morgan fingerprint density at radius 3 is 2.68 bits per heavy atom. The summed E-state index contributed by atoms with van der Waals surface area (Å²) >= 11 is 0. The molecule has 0 radical (unpaired) electrons. The Kier molecular flexibility index (Phi) is 4.58. The lowest BCUT2D eigenvalue weighted by Gasteiger charge is -2.42. The van der Waals surface area contributed by atoms with Crippen LogP contribution in [0.5, 0.6) is 0 Å². The first-order valence-electron chi connectivity index (χ1n) is 7.41. The molecule has 112 valence electrons. The molecule has 1 aliphatic carbocycles. The lowest BCUT2D eigenvalue weighted by atomic mass is 9.69. The number of hydrogen-bond acceptors (Lipinski definition) is 4. The molecule has 1 saturated carbocycles. The van der Waals surface area contributed by atoms with Crippen molar-refractivity contribution < 1.29 is 13.5 Å². The zero-order valence-electron chi connectivity index (χ0n) is 12.1. The Hall–Kier alpha value is -0.130. The molecule has 4 nitrogen and oxygen atoms in total. The Bertz CT molecular complexity index is 405. The molecular weight excluding hydrogens is 262 g/mol. The van der Waals surface area contributed by atoms with E-state index in [1.54, 1.807) is 0 Å². The van der Waals surface area contributed by atoms with Gasteiger partial charge in [-0.1, -0.05) is 20.3 Å². The van der Waals surface area contributed by atoms with Crippen LogP contribution in [-0.4, -0.2) is 55.7 Å². The predicted molar refractivity (Wildman–Crippen MR) is 76.8 cm³/mol. The number of aliphatic hydroxyl groups is 1. The van der Waals surface area contributed by atoms with Gasteiger partial charge in [-0.2, -0.15) is 0 Å². The van der Waals surface area contributed by atoms with Crippen LogP contribution in [0.2, 0.25) is 0 Å². The number of nitrogens with zero attached hydrogens (tertiary/aromatic N) is 1. The van der Waals surface area contributed by atoms with Gasteiger partial charge >= 0.3 is 0 Å². The highest BCUT2D eigenvalue weighted by Gasteiger charge is 2.38. The number of aliphatic hydroxyl groups excluding tert-OH is 1. The van der Waals surface area contributed by atoms with Crippen molar-refractivity contribution in [1.82, 2.24) is 4.90 Å². The summed E-state index contributed by atoms with van der Waals surface area (Å²) in [6, 6.07) is 0. The van der Waals surface area contributed by atoms with E-state index in [4.69, 9.17) is 0 Å². The molecule has 19 heavy (non-hydrogen) atoms. The highest BCUT2D eigenvalue weighted by atomic mass is 32.2. The van der Waals surface area contributed by atoms with Crippen molar-refractivity contribution in [3.05, 3.63) is 0 Å². The summed E-state index contributed by atoms with van der Waals surface area (Å²) in [5, 5.41) is 10.5. The average molecular weight is 289 g/mol. The Labute approximate surface area is 117 Å². The fourth-order valence-corrected chi connectivity index (χ4v) is 4.77. The molecule has 0 aromatic heterocycles. The fraction of sp³-hybridized carbons (Fsp3) is 1.00. The van der Waals surface area contributed by atoms with Crippen molar-refractivity contribution in [3.63, 3.8) is 0 Å². The van der Waals surface area contributed by atoms with Crippen LogP contribution < -0.4 is 0 Å². The number of hydrogen-bond donors (Lipinski definition) is 1. The molecule has 5 heteroatoms. The van der Waals surface area contributed by atoms with Crippen LogP contribution in [0.1, 0.15) is 39.5 Å². The third kappa shape index (κ3) is 3.92. The molecule has 2 aliphatic rings. The highest BCUT2D eigenvalue weighted by molar-refractivity contribution is 7.91. The second-order valence-corrected chi connectivity index (χ2v) is 9.20. The minimum absolute atomic E-state index is 0.000836. The molecule has 0 aromatic carbocycles. The zero-order chi connectivity index (χ0) is 14.1. The monoisotopic (exact) mass is 289 g/mol. The van der Waals surface area contributed by atoms with E-state index in [1.165, 1.54) is 6.42 Å². The smallest absolute Gasteiger partial charge is 0.151 e. The Morgan fingerprint density at radius 1 is 1.21 bits per heavy atom. The van der Waals surface area contributed by atoms with Crippen LogP contribution in [0.3, 0.4) is 0 Å². The molecule has 0 aromatic rings. The van der Waals surface area contributed by atoms with Crippen molar-refractivity contribution in [3.8, 4) is 0 Å². The van der Waals surface area contributed by atoms with Gasteiger partial charge in [0.1, 0.15) is 0 Å². The maximum Gasteiger partial charge on any atom is 0.151 e. The van der Waals surface area contributed by atoms with Crippen LogP contribution in [0, 0.1) is 11.3 Å². The molecule has 2 atom stereocenters. The predicted octanol–water partition coefficient (Wildman–Crippen LogP) is 1.29. The Morgan fingerprint density at radius 2 is 1.95 bits per heavy atom. The molecular formula is C14H27NO3S. The fourth-order valence-electron chi connectivity index (χ4n) is 3.46. The normalized spacial score (nSPS) is 35.7. The van der Waals surface area contributed by atoms with E-state index in [9.17, 15) is 13.5 Å². The summed E-state index contributed by atoms with van der Waals surface area (Å²) in [7, 11) is -2.83. The molecule has 1 N–H and O–H groups in total. The van der Waals surface area contributed by atoms with Crippen LogP contribution in [0.25, 0.3) is 0 Å². The third-order valence-corrected chi connectivity index (χ3v) is 6.50. The molecule has 2 unspecified atom stereocenters. The van der Waals surface area contributed by atoms with Gasteiger partial charge in [0.05, 0.1) is 17.6 Å². The van der Waals surface area contributed by atoms with Gasteiger partial charge < -0.3 is 10.0 Å². The van der Waals surface area contributed by atoms with Gasteiger partial charge in [0, 0.05) is 13.1 Å². The second kappa shape index (κ2) is 5.70. The summed E-state index contributed by atoms with van der Waals surface area (Å²) in [6.07, 6.45) is 3.78. The highest BCUT2D eigenvalue weighted by Crippen LogP contribution is 2.39. The first-order valence-corrected chi connectivity index (χ1v) is 9.23. The molecule has 1 heterocycles. The van der Waals surface area contributed by atoms with Crippen molar-refractivity contribution >= 4 is 9.84 Å². The van der Waals surface area contributed by atoms with E-state index in [2.05, 4.69) is 18.7 Å². The topological polar surface area (TPSA) is 57.6 Å². The second-order valence-electron chi connectivity index (χ2n) is 6.89. The van der Waals surface area contributed by atoms with Crippen molar-refractivity contribution in [1.29, 1.82) is 0 Å². The summed E-state index contributed by atoms with van der Waals surface area (Å²) in [5.74, 6) is 0.895. The summed E-state index contributed by atoms with van der Waals surface area (Å²) in [4.78, 5) is 2.24. The summed E-state index contributed by atoms with van der Waals surface area (Å²) in [5.41, 5.74) is 0.000836. The van der Waals surface area contributed by atoms with Gasteiger partial charge in [0.2, 0.25) is 0 Å². The quantitative estimate of drug-likeness (QED) is 0.832. The molecule has 0 bridgehead atoms. The minimum atomic E-state index is -2.83. The maximum absolute atomic E-state index is 11.6. The lowest BCUT2D eigenvalue weighted by molar-refractivity contribution is -0.0423. The van der Waals surface area contributed by atoms with E-state index >= 15 is 0 Å². The average Bonchev–Trinajstić information content (AvgIpc) is 2.47. The first-order chi connectivity index (χ1) is 8.80. The van der Waals surface area contributed by atoms with Crippen LogP contribution in [0.15, 0.2) is 0 Å². The van der Waals surface area contributed by atoms with Crippen molar-refractivity contribution in [2.24, 2.45) is 11.3 Å². The van der Waals surface area contributed by atoms with Crippen molar-refractivity contribution in [2.75, 3.05) is 31.1 Å². The van der Waals surface area contributed by atoms with E-state index < -0.39 is 9.84 Å². The van der Waals surface area contributed by atoms with Crippen LogP contribution in [0.4, 0.5) is 0 Å². The van der Waals surface area contributed by atoms with Gasteiger partial charge in [-0.05, 0) is 37.1 Å². The molecule has 2 rings (SSSR count).